The van der Waals surface area contributed by atoms with Crippen LogP contribution in [-0.4, -0.2) is 16.6 Å². The van der Waals surface area contributed by atoms with E-state index >= 15 is 0 Å². The number of rotatable bonds is 1. The number of aromatic nitrogens is 1. The number of pyridine rings is 1. The second-order valence-corrected chi connectivity index (χ2v) is 3.17. The Labute approximate surface area is 85.5 Å². The Kier molecular flexibility index (Phi) is 2.22. The number of aryl methyl sites for hydroxylation is 1. The van der Waals surface area contributed by atoms with Crippen molar-refractivity contribution in [2.24, 2.45) is 7.05 Å². The van der Waals surface area contributed by atoms with Gasteiger partial charge in [-0.25, -0.2) is 0 Å². The second-order valence-electron chi connectivity index (χ2n) is 2.93. The van der Waals surface area contributed by atoms with Crippen LogP contribution in [0.4, 0.5) is 0 Å². The number of fused-ring (bicyclic) bond motifs is 1. The lowest BCUT2D eigenvalue weighted by molar-refractivity contribution is -0.645. The highest BCUT2D eigenvalue weighted by Crippen LogP contribution is 2.20. The Morgan fingerprint density at radius 1 is 1.23 bits per heavy atom. The molecule has 0 N–H and O–H groups in total. The highest BCUT2D eigenvalue weighted by molar-refractivity contribution is 6.01. The normalized spacial score (nSPS) is 10.2. The smallest absolute Gasteiger partial charge is 0.482 e. The third kappa shape index (κ3) is 1.41. The average molecular weight is 186 g/mol. The minimum Gasteiger partial charge on any atom is -0.649 e. The molecule has 1 heterocycles. The molecule has 3 heteroatoms. The van der Waals surface area contributed by atoms with Crippen LogP contribution in [0.25, 0.3) is 10.9 Å². The van der Waals surface area contributed by atoms with Gasteiger partial charge in [0.05, 0.1) is 5.39 Å². The molecular formula is C10H9AlNO+. The van der Waals surface area contributed by atoms with Crippen molar-refractivity contribution in [2.45, 2.75) is 0 Å². The molecule has 0 atom stereocenters. The lowest BCUT2D eigenvalue weighted by Gasteiger charge is -2.03. The summed E-state index contributed by atoms with van der Waals surface area (Å²) in [4.78, 5) is 0. The lowest BCUT2D eigenvalue weighted by atomic mass is 10.2. The molecule has 13 heavy (non-hydrogen) atoms. The Hall–Kier alpha value is -1.04. The summed E-state index contributed by atoms with van der Waals surface area (Å²) >= 11 is 2.28. The van der Waals surface area contributed by atoms with Crippen molar-refractivity contribution in [3.05, 3.63) is 36.5 Å². The fourth-order valence-corrected chi connectivity index (χ4v) is 1.69. The molecule has 2 nitrogen and oxygen atoms in total. The molecule has 0 saturated heterocycles. The minimum atomic E-state index is 0.880. The van der Waals surface area contributed by atoms with Gasteiger partial charge < -0.3 is 3.79 Å². The Morgan fingerprint density at radius 3 is 2.77 bits per heavy atom. The highest BCUT2D eigenvalue weighted by Gasteiger charge is 2.08. The lowest BCUT2D eigenvalue weighted by Crippen LogP contribution is -2.28. The monoisotopic (exact) mass is 186 g/mol. The SMILES string of the molecule is C[n+]1cccc2cccc([O][Al])c21. The van der Waals surface area contributed by atoms with Gasteiger partial charge in [0.25, 0.3) is 5.52 Å². The standard InChI is InChI=1S/C10H9NO.Al/c1-11-7-3-5-8-4-2-6-9(12)10(8)11;/h2-7H,1H3;/q;+1. The molecule has 0 bridgehead atoms. The predicted octanol–water partition coefficient (Wildman–Crippen LogP) is 1.13. The van der Waals surface area contributed by atoms with E-state index in [1.54, 1.807) is 0 Å². The van der Waals surface area contributed by atoms with Crippen molar-refractivity contribution < 1.29 is 8.36 Å². The molecule has 2 aromatic rings. The third-order valence-electron chi connectivity index (χ3n) is 2.10. The molecule has 0 aliphatic carbocycles. The topological polar surface area (TPSA) is 13.1 Å². The van der Waals surface area contributed by atoms with Crippen molar-refractivity contribution in [1.82, 2.24) is 0 Å². The largest absolute Gasteiger partial charge is 0.649 e. The van der Waals surface area contributed by atoms with Gasteiger partial charge in [-0.2, -0.15) is 4.57 Å². The Morgan fingerprint density at radius 2 is 2.00 bits per heavy atom. The van der Waals surface area contributed by atoms with Gasteiger partial charge in [0.15, 0.2) is 11.9 Å². The summed E-state index contributed by atoms with van der Waals surface area (Å²) in [7, 11) is 2.01. The summed E-state index contributed by atoms with van der Waals surface area (Å²) in [6.45, 7) is 0. The maximum Gasteiger partial charge on any atom is 0.482 e. The van der Waals surface area contributed by atoms with Gasteiger partial charge in [-0.05, 0) is 18.2 Å². The fourth-order valence-electron chi connectivity index (χ4n) is 1.50. The molecule has 2 radical (unpaired) electrons. The Bertz CT molecular complexity index is 437. The number of hydrogen-bond acceptors (Lipinski definition) is 1. The number of nitrogens with zero attached hydrogens (tertiary/aromatic N) is 1. The predicted molar refractivity (Wildman–Crippen MR) is 51.5 cm³/mol. The first-order chi connectivity index (χ1) is 6.33. The molecule has 1 aromatic heterocycles. The van der Waals surface area contributed by atoms with E-state index in [0.717, 1.165) is 11.3 Å². The summed E-state index contributed by atoms with van der Waals surface area (Å²) in [5.74, 6) is 0.880. The number of hydrogen-bond donors (Lipinski definition) is 0. The zero-order valence-electron chi connectivity index (χ0n) is 7.40. The molecule has 0 spiro atoms. The molecule has 1 aromatic carbocycles. The molecule has 2 rings (SSSR count). The highest BCUT2D eigenvalue weighted by atomic mass is 27.1. The first-order valence-corrected chi connectivity index (χ1v) is 4.54. The maximum absolute atomic E-state index is 5.20. The van der Waals surface area contributed by atoms with Crippen LogP contribution in [0, 0.1) is 0 Å². The summed E-state index contributed by atoms with van der Waals surface area (Å²) in [6, 6.07) is 10.1. The van der Waals surface area contributed by atoms with E-state index in [9.17, 15) is 0 Å². The molecule has 0 saturated carbocycles. The van der Waals surface area contributed by atoms with Gasteiger partial charge in [-0.15, -0.1) is 0 Å². The van der Waals surface area contributed by atoms with Gasteiger partial charge in [0, 0.05) is 6.07 Å². The van der Waals surface area contributed by atoms with Crippen molar-refractivity contribution in [3.63, 3.8) is 0 Å². The fraction of sp³-hybridized carbons (Fsp3) is 0.100. The van der Waals surface area contributed by atoms with Gasteiger partial charge >= 0.3 is 16.6 Å². The van der Waals surface area contributed by atoms with E-state index in [1.165, 1.54) is 5.39 Å². The van der Waals surface area contributed by atoms with E-state index < -0.39 is 0 Å². The van der Waals surface area contributed by atoms with E-state index in [0.29, 0.717) is 0 Å². The molecule has 62 valence electrons. The summed E-state index contributed by atoms with van der Waals surface area (Å²) in [6.07, 6.45) is 2.01. The van der Waals surface area contributed by atoms with Gasteiger partial charge in [-0.3, -0.25) is 0 Å². The van der Waals surface area contributed by atoms with Crippen molar-refractivity contribution in [3.8, 4) is 5.75 Å². The van der Waals surface area contributed by atoms with Gasteiger partial charge in [0.2, 0.25) is 0 Å². The van der Waals surface area contributed by atoms with Gasteiger partial charge in [-0.1, -0.05) is 6.07 Å². The van der Waals surface area contributed by atoms with E-state index in [4.69, 9.17) is 3.79 Å². The summed E-state index contributed by atoms with van der Waals surface area (Å²) < 4.78 is 7.25. The van der Waals surface area contributed by atoms with Crippen LogP contribution in [-0.2, 0) is 7.05 Å². The van der Waals surface area contributed by atoms with E-state index in [2.05, 4.69) is 33.3 Å². The average Bonchev–Trinajstić information content (AvgIpc) is 2.17. The maximum atomic E-state index is 5.20. The molecule has 0 unspecified atom stereocenters. The quantitative estimate of drug-likeness (QED) is 0.480. The van der Waals surface area contributed by atoms with Crippen LogP contribution in [0.15, 0.2) is 36.5 Å². The first kappa shape index (κ1) is 8.56. The zero-order valence-corrected chi connectivity index (χ0v) is 8.55. The summed E-state index contributed by atoms with van der Waals surface area (Å²) in [5, 5.41) is 1.19. The molecule has 0 fully saturated rings. The first-order valence-electron chi connectivity index (χ1n) is 4.07. The van der Waals surface area contributed by atoms with Crippen LogP contribution in [0.1, 0.15) is 0 Å². The third-order valence-corrected chi connectivity index (χ3v) is 2.35. The van der Waals surface area contributed by atoms with Crippen LogP contribution in [0.5, 0.6) is 5.75 Å². The van der Waals surface area contributed by atoms with Crippen LogP contribution < -0.4 is 8.36 Å². The van der Waals surface area contributed by atoms with Crippen molar-refractivity contribution in [2.75, 3.05) is 0 Å². The minimum absolute atomic E-state index is 0.880. The van der Waals surface area contributed by atoms with E-state index in [1.807, 2.05) is 31.4 Å². The van der Waals surface area contributed by atoms with Crippen LogP contribution in [0.2, 0.25) is 0 Å². The molecule has 0 aliphatic rings. The number of benzene rings is 1. The van der Waals surface area contributed by atoms with E-state index in [-0.39, 0.29) is 0 Å². The van der Waals surface area contributed by atoms with Crippen LogP contribution in [0.3, 0.4) is 0 Å². The molecule has 0 amide bonds. The number of para-hydroxylation sites is 1. The molecule has 0 aliphatic heterocycles. The zero-order chi connectivity index (χ0) is 9.26. The Balaban J connectivity index is 2.87. The van der Waals surface area contributed by atoms with Gasteiger partial charge in [0.1, 0.15) is 7.05 Å². The second kappa shape index (κ2) is 3.37. The van der Waals surface area contributed by atoms with Crippen molar-refractivity contribution in [1.29, 1.82) is 0 Å². The van der Waals surface area contributed by atoms with Crippen molar-refractivity contribution >= 4 is 27.5 Å². The molecular weight excluding hydrogens is 177 g/mol. The van der Waals surface area contributed by atoms with Crippen LogP contribution >= 0.6 is 0 Å². The summed E-state index contributed by atoms with van der Waals surface area (Å²) in [5.41, 5.74) is 1.11.